The summed E-state index contributed by atoms with van der Waals surface area (Å²) in [6.45, 7) is 3.72. The summed E-state index contributed by atoms with van der Waals surface area (Å²) in [6, 6.07) is 0. The number of carbonyl (C=O) groups excluding carboxylic acids is 2. The number of hydrogen-bond donors (Lipinski definition) is 0. The van der Waals surface area contributed by atoms with Gasteiger partial charge in [-0.3, -0.25) is 0 Å². The van der Waals surface area contributed by atoms with Crippen LogP contribution in [0, 0.1) is 0 Å². The Hall–Kier alpha value is -1.03. The van der Waals surface area contributed by atoms with Crippen LogP contribution in [0.3, 0.4) is 0 Å². The summed E-state index contributed by atoms with van der Waals surface area (Å²) in [6.07, 6.45) is 1.28. The van der Waals surface area contributed by atoms with Gasteiger partial charge in [-0.1, -0.05) is 0 Å². The van der Waals surface area contributed by atoms with Crippen molar-refractivity contribution in [1.82, 2.24) is 0 Å². The Labute approximate surface area is 87.8 Å². The molecule has 80 valence electrons. The lowest BCUT2D eigenvalue weighted by molar-refractivity contribution is -0.146. The Morgan fingerprint density at radius 3 is 1.86 bits per heavy atom. The zero-order chi connectivity index (χ0) is 11.0. The van der Waals surface area contributed by atoms with Crippen LogP contribution in [0.2, 0.25) is 0 Å². The van der Waals surface area contributed by atoms with E-state index in [1.54, 1.807) is 13.8 Å². The molecule has 4 nitrogen and oxygen atoms in total. The molecule has 0 aromatic carbocycles. The van der Waals surface area contributed by atoms with E-state index in [2.05, 4.69) is 9.47 Å². The monoisotopic (exact) mass is 220 g/mol. The van der Waals surface area contributed by atoms with Gasteiger partial charge in [-0.15, -0.1) is 11.6 Å². The normalized spacial score (nSPS) is 9.07. The van der Waals surface area contributed by atoms with Gasteiger partial charge in [0.05, 0.1) is 13.2 Å². The maximum atomic E-state index is 11.2. The van der Waals surface area contributed by atoms with E-state index in [9.17, 15) is 9.59 Å². The summed E-state index contributed by atoms with van der Waals surface area (Å²) in [5, 5.41) is 0. The topological polar surface area (TPSA) is 52.6 Å². The smallest absolute Gasteiger partial charge is 0.345 e. The summed E-state index contributed by atoms with van der Waals surface area (Å²) in [7, 11) is 0. The number of rotatable bonds is 5. The van der Waals surface area contributed by atoms with Gasteiger partial charge in [-0.25, -0.2) is 9.59 Å². The molecule has 5 heteroatoms. The van der Waals surface area contributed by atoms with Crippen LogP contribution in [0.5, 0.6) is 0 Å². The van der Waals surface area contributed by atoms with E-state index in [1.807, 2.05) is 0 Å². The van der Waals surface area contributed by atoms with Gasteiger partial charge in [0.2, 0.25) is 0 Å². The molecule has 0 unspecified atom stereocenters. The molecule has 0 N–H and O–H groups in total. The molecule has 0 aliphatic carbocycles. The van der Waals surface area contributed by atoms with E-state index in [0.717, 1.165) is 0 Å². The average molecular weight is 221 g/mol. The van der Waals surface area contributed by atoms with E-state index in [4.69, 9.17) is 11.6 Å². The molecule has 0 saturated carbocycles. The summed E-state index contributed by atoms with van der Waals surface area (Å²) in [4.78, 5) is 22.4. The lowest BCUT2D eigenvalue weighted by atomic mass is 10.2. The molecular weight excluding hydrogens is 208 g/mol. The number of esters is 2. The maximum Gasteiger partial charge on any atom is 0.345 e. The van der Waals surface area contributed by atoms with E-state index in [-0.39, 0.29) is 24.7 Å². The molecule has 0 saturated heterocycles. The third kappa shape index (κ3) is 4.28. The fourth-order valence-electron chi connectivity index (χ4n) is 0.745. The van der Waals surface area contributed by atoms with Crippen molar-refractivity contribution in [2.75, 3.05) is 19.1 Å². The van der Waals surface area contributed by atoms with Crippen molar-refractivity contribution >= 4 is 23.5 Å². The third-order valence-corrected chi connectivity index (χ3v) is 1.43. The second-order valence-electron chi connectivity index (χ2n) is 2.21. The highest BCUT2D eigenvalue weighted by Gasteiger charge is 2.19. The minimum absolute atomic E-state index is 0.0625. The van der Waals surface area contributed by atoms with Crippen LogP contribution in [0.15, 0.2) is 11.6 Å². The van der Waals surface area contributed by atoms with Crippen molar-refractivity contribution in [3.05, 3.63) is 11.6 Å². The molecule has 0 fully saturated rings. The number of halogens is 1. The predicted octanol–water partition coefficient (Wildman–Crippen LogP) is 1.28. The largest absolute Gasteiger partial charge is 0.462 e. The van der Waals surface area contributed by atoms with Crippen molar-refractivity contribution in [2.45, 2.75) is 13.8 Å². The highest BCUT2D eigenvalue weighted by atomic mass is 35.5. The summed E-state index contributed by atoms with van der Waals surface area (Å²) in [5.74, 6) is -1.34. The lowest BCUT2D eigenvalue weighted by Gasteiger charge is -2.05. The zero-order valence-electron chi connectivity index (χ0n) is 8.21. The highest BCUT2D eigenvalue weighted by Crippen LogP contribution is 2.02. The van der Waals surface area contributed by atoms with Crippen LogP contribution >= 0.6 is 11.6 Å². The molecule has 0 aliphatic heterocycles. The summed E-state index contributed by atoms with van der Waals surface area (Å²) >= 11 is 5.39. The third-order valence-electron chi connectivity index (χ3n) is 1.27. The fraction of sp³-hybridized carbons (Fsp3) is 0.556. The minimum atomic E-state index is -0.702. The molecule has 0 heterocycles. The van der Waals surface area contributed by atoms with Gasteiger partial charge in [0, 0.05) is 5.88 Å². The Kier molecular flexibility index (Phi) is 6.84. The highest BCUT2D eigenvalue weighted by molar-refractivity contribution is 6.21. The first kappa shape index (κ1) is 13.0. The van der Waals surface area contributed by atoms with Gasteiger partial charge >= 0.3 is 11.9 Å². The van der Waals surface area contributed by atoms with Crippen molar-refractivity contribution in [1.29, 1.82) is 0 Å². The molecule has 14 heavy (non-hydrogen) atoms. The van der Waals surface area contributed by atoms with E-state index < -0.39 is 11.9 Å². The Bertz CT molecular complexity index is 215. The van der Waals surface area contributed by atoms with Crippen molar-refractivity contribution in [3.8, 4) is 0 Å². The van der Waals surface area contributed by atoms with E-state index in [1.165, 1.54) is 6.08 Å². The van der Waals surface area contributed by atoms with Crippen molar-refractivity contribution in [2.24, 2.45) is 0 Å². The molecular formula is C9H13ClO4. The van der Waals surface area contributed by atoms with Crippen LogP contribution in [0.1, 0.15) is 13.8 Å². The molecule has 0 aromatic heterocycles. The van der Waals surface area contributed by atoms with Crippen LogP contribution in [-0.2, 0) is 19.1 Å². The number of ether oxygens (including phenoxy) is 2. The van der Waals surface area contributed by atoms with Gasteiger partial charge in [-0.05, 0) is 19.9 Å². The molecule has 0 aromatic rings. The Morgan fingerprint density at radius 1 is 1.14 bits per heavy atom. The first-order valence-corrected chi connectivity index (χ1v) is 4.81. The Morgan fingerprint density at radius 2 is 1.57 bits per heavy atom. The molecule has 0 atom stereocenters. The Balaban J connectivity index is 4.51. The number of hydrogen-bond acceptors (Lipinski definition) is 4. The van der Waals surface area contributed by atoms with E-state index in [0.29, 0.717) is 0 Å². The second-order valence-corrected chi connectivity index (χ2v) is 2.52. The second kappa shape index (κ2) is 7.38. The maximum absolute atomic E-state index is 11.2. The zero-order valence-corrected chi connectivity index (χ0v) is 8.97. The molecule has 0 spiro atoms. The van der Waals surface area contributed by atoms with Gasteiger partial charge in [0.1, 0.15) is 5.57 Å². The number of carbonyl (C=O) groups is 2. The van der Waals surface area contributed by atoms with Gasteiger partial charge in [-0.2, -0.15) is 0 Å². The van der Waals surface area contributed by atoms with Crippen LogP contribution in [-0.4, -0.2) is 31.0 Å². The van der Waals surface area contributed by atoms with Crippen LogP contribution in [0.4, 0.5) is 0 Å². The lowest BCUT2D eigenvalue weighted by Crippen LogP contribution is -2.18. The average Bonchev–Trinajstić information content (AvgIpc) is 2.14. The fourth-order valence-corrected chi connectivity index (χ4v) is 0.899. The van der Waals surface area contributed by atoms with Crippen molar-refractivity contribution in [3.63, 3.8) is 0 Å². The van der Waals surface area contributed by atoms with Crippen LogP contribution in [0.25, 0.3) is 0 Å². The molecule has 0 bridgehead atoms. The number of allylic oxidation sites excluding steroid dienone is 1. The standard InChI is InChI=1S/C9H13ClO4/c1-3-13-8(11)7(5-6-10)9(12)14-4-2/h5H,3-4,6H2,1-2H3. The summed E-state index contributed by atoms with van der Waals surface area (Å²) in [5.41, 5.74) is -0.149. The molecule has 0 radical (unpaired) electrons. The summed E-state index contributed by atoms with van der Waals surface area (Å²) < 4.78 is 9.31. The molecule has 0 aliphatic rings. The first-order chi connectivity index (χ1) is 6.67. The van der Waals surface area contributed by atoms with E-state index >= 15 is 0 Å². The molecule has 0 rings (SSSR count). The number of alkyl halides is 1. The van der Waals surface area contributed by atoms with Gasteiger partial charge in [0.25, 0.3) is 0 Å². The SMILES string of the molecule is CCOC(=O)C(=CCCl)C(=O)OCC. The quantitative estimate of drug-likeness (QED) is 0.230. The van der Waals surface area contributed by atoms with Crippen molar-refractivity contribution < 1.29 is 19.1 Å². The van der Waals surface area contributed by atoms with Gasteiger partial charge < -0.3 is 9.47 Å². The minimum Gasteiger partial charge on any atom is -0.462 e. The van der Waals surface area contributed by atoms with Gasteiger partial charge in [0.15, 0.2) is 0 Å². The van der Waals surface area contributed by atoms with Crippen LogP contribution < -0.4 is 0 Å². The predicted molar refractivity (Wildman–Crippen MR) is 52.1 cm³/mol. The molecule has 0 amide bonds. The first-order valence-electron chi connectivity index (χ1n) is 4.27.